The maximum absolute atomic E-state index is 15.2. The Hall–Kier alpha value is -2.83. The Kier molecular flexibility index (Phi) is 6.74. The molecule has 13 heteroatoms. The Morgan fingerprint density at radius 2 is 2.15 bits per heavy atom. The molecule has 0 unspecified atom stereocenters. The van der Waals surface area contributed by atoms with Crippen LogP contribution < -0.4 is 10.6 Å². The zero-order valence-corrected chi connectivity index (χ0v) is 20.2. The van der Waals surface area contributed by atoms with Crippen molar-refractivity contribution in [3.8, 4) is 0 Å². The molecule has 4 heterocycles. The van der Waals surface area contributed by atoms with Gasteiger partial charge in [-0.1, -0.05) is 0 Å². The maximum Gasteiger partial charge on any atom is 0.406 e. The SMILES string of the molecule is COC(=O)NC[C@@H]1CCC(F)(F)c2c3c(nn2C1)C[C@@H](C)N(C(=O)Nc1ccnc(Br)c1F)C3. The van der Waals surface area contributed by atoms with Gasteiger partial charge in [0.25, 0.3) is 5.92 Å². The van der Waals surface area contributed by atoms with Crippen LogP contribution in [0.3, 0.4) is 0 Å². The summed E-state index contributed by atoms with van der Waals surface area (Å²) in [5.41, 5.74) is 0.567. The first kappa shape index (κ1) is 24.3. The predicted octanol–water partition coefficient (Wildman–Crippen LogP) is 4.02. The first-order chi connectivity index (χ1) is 16.1. The van der Waals surface area contributed by atoms with Gasteiger partial charge >= 0.3 is 12.1 Å². The quantitative estimate of drug-likeness (QED) is 0.568. The fourth-order valence-electron chi connectivity index (χ4n) is 4.42. The molecule has 0 saturated carbocycles. The largest absolute Gasteiger partial charge is 0.453 e. The number of carbonyl (C=O) groups excluding carboxylic acids is 2. The van der Waals surface area contributed by atoms with Crippen LogP contribution in [0, 0.1) is 11.7 Å². The van der Waals surface area contributed by atoms with Crippen LogP contribution in [0.15, 0.2) is 16.9 Å². The van der Waals surface area contributed by atoms with Gasteiger partial charge in [-0.25, -0.2) is 19.0 Å². The van der Waals surface area contributed by atoms with Gasteiger partial charge in [0.2, 0.25) is 0 Å². The lowest BCUT2D eigenvalue weighted by Crippen LogP contribution is -2.45. The van der Waals surface area contributed by atoms with Crippen molar-refractivity contribution < 1.29 is 27.5 Å². The number of carbonyl (C=O) groups is 2. The van der Waals surface area contributed by atoms with Gasteiger partial charge in [-0.3, -0.25) is 4.68 Å². The van der Waals surface area contributed by atoms with E-state index in [4.69, 9.17) is 0 Å². The number of rotatable bonds is 3. The number of ether oxygens (including phenoxy) is 1. The van der Waals surface area contributed by atoms with Crippen molar-refractivity contribution in [1.82, 2.24) is 25.0 Å². The molecule has 34 heavy (non-hydrogen) atoms. The molecule has 0 saturated heterocycles. The fourth-order valence-corrected chi connectivity index (χ4v) is 4.75. The van der Waals surface area contributed by atoms with Crippen molar-refractivity contribution >= 4 is 33.7 Å². The summed E-state index contributed by atoms with van der Waals surface area (Å²) in [6.45, 7) is 2.10. The molecule has 2 N–H and O–H groups in total. The average Bonchev–Trinajstić information content (AvgIpc) is 3.09. The normalized spacial score (nSPS) is 21.2. The highest BCUT2D eigenvalue weighted by Crippen LogP contribution is 2.42. The minimum Gasteiger partial charge on any atom is -0.453 e. The average molecular weight is 545 g/mol. The lowest BCUT2D eigenvalue weighted by molar-refractivity contribution is -0.0219. The number of alkyl halides is 2. The van der Waals surface area contributed by atoms with E-state index in [0.717, 1.165) is 0 Å². The topological polar surface area (TPSA) is 101 Å². The summed E-state index contributed by atoms with van der Waals surface area (Å²) in [4.78, 5) is 29.5. The van der Waals surface area contributed by atoms with Crippen LogP contribution in [-0.4, -0.2) is 51.5 Å². The Morgan fingerprint density at radius 1 is 1.38 bits per heavy atom. The van der Waals surface area contributed by atoms with Crippen LogP contribution in [0.1, 0.15) is 36.7 Å². The van der Waals surface area contributed by atoms with E-state index < -0.39 is 30.3 Å². The third-order valence-corrected chi connectivity index (χ3v) is 6.75. The zero-order valence-electron chi connectivity index (χ0n) is 18.6. The van der Waals surface area contributed by atoms with Crippen molar-refractivity contribution in [2.24, 2.45) is 5.92 Å². The molecular weight excluding hydrogens is 521 g/mol. The van der Waals surface area contributed by atoms with Gasteiger partial charge in [0, 0.05) is 43.7 Å². The van der Waals surface area contributed by atoms with E-state index in [2.05, 4.69) is 41.4 Å². The third kappa shape index (κ3) is 4.70. The lowest BCUT2D eigenvalue weighted by Gasteiger charge is -2.33. The van der Waals surface area contributed by atoms with Crippen molar-refractivity contribution in [2.75, 3.05) is 19.0 Å². The fraction of sp³-hybridized carbons (Fsp3) is 0.524. The van der Waals surface area contributed by atoms with Gasteiger partial charge in [0.05, 0.1) is 25.0 Å². The minimum atomic E-state index is -3.15. The molecule has 2 aromatic heterocycles. The van der Waals surface area contributed by atoms with Gasteiger partial charge in [-0.2, -0.15) is 13.9 Å². The van der Waals surface area contributed by atoms with Crippen LogP contribution in [0.25, 0.3) is 0 Å². The van der Waals surface area contributed by atoms with E-state index in [1.165, 1.54) is 29.0 Å². The number of nitrogens with zero attached hydrogens (tertiary/aromatic N) is 4. The first-order valence-corrected chi connectivity index (χ1v) is 11.6. The number of nitrogens with one attached hydrogen (secondary N) is 2. The monoisotopic (exact) mass is 544 g/mol. The highest BCUT2D eigenvalue weighted by Gasteiger charge is 2.44. The molecule has 2 aromatic rings. The van der Waals surface area contributed by atoms with E-state index in [9.17, 15) is 14.0 Å². The summed E-state index contributed by atoms with van der Waals surface area (Å²) >= 11 is 2.97. The van der Waals surface area contributed by atoms with Crippen molar-refractivity contribution in [3.05, 3.63) is 39.6 Å². The Balaban J connectivity index is 1.58. The molecule has 2 aliphatic heterocycles. The Labute approximate surface area is 202 Å². The number of anilines is 1. The van der Waals surface area contributed by atoms with Crippen LogP contribution in [0.4, 0.5) is 28.4 Å². The van der Waals surface area contributed by atoms with Gasteiger partial charge in [0.1, 0.15) is 10.3 Å². The second-order valence-corrected chi connectivity index (χ2v) is 9.26. The number of halogens is 4. The molecule has 2 atom stereocenters. The van der Waals surface area contributed by atoms with Crippen LogP contribution >= 0.6 is 15.9 Å². The van der Waals surface area contributed by atoms with Crippen LogP contribution in [0.5, 0.6) is 0 Å². The van der Waals surface area contributed by atoms with Gasteiger partial charge in [-0.15, -0.1) is 0 Å². The molecule has 9 nitrogen and oxygen atoms in total. The van der Waals surface area contributed by atoms with Gasteiger partial charge in [-0.05, 0) is 41.3 Å². The van der Waals surface area contributed by atoms with Gasteiger partial charge < -0.3 is 20.3 Å². The maximum atomic E-state index is 15.2. The molecule has 3 amide bonds. The molecule has 0 aromatic carbocycles. The summed E-state index contributed by atoms with van der Waals surface area (Å²) in [7, 11) is 1.24. The molecule has 184 valence electrons. The highest BCUT2D eigenvalue weighted by molar-refractivity contribution is 9.10. The Morgan fingerprint density at radius 3 is 2.88 bits per heavy atom. The van der Waals surface area contributed by atoms with E-state index in [0.29, 0.717) is 11.3 Å². The van der Waals surface area contributed by atoms with Crippen molar-refractivity contribution in [2.45, 2.75) is 51.2 Å². The second-order valence-electron chi connectivity index (χ2n) is 8.51. The van der Waals surface area contributed by atoms with Crippen molar-refractivity contribution in [3.63, 3.8) is 0 Å². The number of hydrogen-bond donors (Lipinski definition) is 2. The zero-order chi connectivity index (χ0) is 24.6. The van der Waals surface area contributed by atoms with E-state index in [1.807, 2.05) is 0 Å². The number of pyridine rings is 1. The molecule has 0 bridgehead atoms. The molecule has 2 aliphatic rings. The number of fused-ring (bicyclic) bond motifs is 3. The van der Waals surface area contributed by atoms with Crippen LogP contribution in [0.2, 0.25) is 0 Å². The van der Waals surface area contributed by atoms with Crippen molar-refractivity contribution in [1.29, 1.82) is 0 Å². The molecule has 0 radical (unpaired) electrons. The lowest BCUT2D eigenvalue weighted by atomic mass is 9.95. The van der Waals surface area contributed by atoms with E-state index >= 15 is 8.78 Å². The summed E-state index contributed by atoms with van der Waals surface area (Å²) in [5, 5.41) is 9.52. The number of amides is 3. The highest BCUT2D eigenvalue weighted by atomic mass is 79.9. The number of alkyl carbamates (subject to hydrolysis) is 1. The number of aromatic nitrogens is 3. The summed E-state index contributed by atoms with van der Waals surface area (Å²) < 4.78 is 50.6. The summed E-state index contributed by atoms with van der Waals surface area (Å²) in [6, 6.07) is 0.373. The smallest absolute Gasteiger partial charge is 0.406 e. The van der Waals surface area contributed by atoms with Crippen LogP contribution in [-0.2, 0) is 30.2 Å². The Bertz CT molecular complexity index is 1110. The number of urea groups is 1. The first-order valence-electron chi connectivity index (χ1n) is 10.8. The molecule has 4 rings (SSSR count). The second kappa shape index (κ2) is 9.43. The number of methoxy groups -OCH3 is 1. The molecule has 0 fully saturated rings. The molecular formula is C21H24BrF3N6O3. The molecule has 0 spiro atoms. The minimum absolute atomic E-state index is 0.0443. The number of hydrogen-bond acceptors (Lipinski definition) is 5. The van der Waals surface area contributed by atoms with Gasteiger partial charge in [0.15, 0.2) is 5.82 Å². The summed E-state index contributed by atoms with van der Waals surface area (Å²) in [5.74, 6) is -4.12. The van der Waals surface area contributed by atoms with E-state index in [1.54, 1.807) is 6.92 Å². The molecule has 0 aliphatic carbocycles. The van der Waals surface area contributed by atoms with E-state index in [-0.39, 0.29) is 60.4 Å². The summed E-state index contributed by atoms with van der Waals surface area (Å²) in [6.07, 6.45) is 0.781. The third-order valence-electron chi connectivity index (χ3n) is 6.20. The standard InChI is InChI=1S/C21H24BrF3N6O3/c1-11-7-15-13(10-30(11)19(32)28-14-4-6-26-18(22)16(14)23)17-21(24,25)5-3-12(9-31(17)29-15)8-27-20(33)34-2/h4,6,11-12H,3,5,7-10H2,1-2H3,(H,27,33)(H,26,28,32)/t11-,12+/m1/s1. The predicted molar refractivity (Wildman–Crippen MR) is 119 cm³/mol.